The van der Waals surface area contributed by atoms with Crippen LogP contribution in [0, 0.1) is 19.8 Å². The number of amides is 1. The number of hydrogen-bond acceptors (Lipinski definition) is 6. The molecule has 1 fully saturated rings. The Hall–Kier alpha value is -4.21. The van der Waals surface area contributed by atoms with Gasteiger partial charge in [-0.3, -0.25) is 18.8 Å². The lowest BCUT2D eigenvalue weighted by molar-refractivity contribution is -0.120. The highest BCUT2D eigenvalue weighted by Gasteiger charge is 2.28. The lowest BCUT2D eigenvalue weighted by Crippen LogP contribution is -2.39. The Bertz CT molecular complexity index is 1410. The number of nitrogens with one attached hydrogen (secondary N) is 1. The Morgan fingerprint density at radius 2 is 1.74 bits per heavy atom. The molecule has 10 heteroatoms. The Morgan fingerprint density at radius 3 is 2.43 bits per heavy atom. The molecule has 0 spiro atoms. The van der Waals surface area contributed by atoms with E-state index in [-0.39, 0.29) is 17.4 Å². The molecule has 1 aliphatic rings. The van der Waals surface area contributed by atoms with Crippen molar-refractivity contribution in [1.29, 1.82) is 0 Å². The van der Waals surface area contributed by atoms with Crippen LogP contribution in [0.4, 0.5) is 11.5 Å². The summed E-state index contributed by atoms with van der Waals surface area (Å²) in [7, 11) is 1.82. The maximum atomic E-state index is 13.1. The number of aromatic nitrogens is 6. The molecule has 4 aromatic rings. The fourth-order valence-electron chi connectivity index (χ4n) is 4.57. The molecule has 0 saturated carbocycles. The summed E-state index contributed by atoms with van der Waals surface area (Å²) in [5, 5.41) is 2.92. The third kappa shape index (κ3) is 4.23. The standard InChI is InChI=1S/C25H28N8O2/c1-17-23(25(35)33(30(17)3)20-7-5-4-6-8-20)29-24(34)19-9-12-31(13-10-19)21-15-22(28-16-27-21)32-14-11-26-18(32)2/h4-8,11,14-16,19H,9-10,12-13H2,1-3H3,(H,29,34). The van der Waals surface area contributed by atoms with Crippen molar-refractivity contribution in [2.75, 3.05) is 23.3 Å². The van der Waals surface area contributed by atoms with E-state index < -0.39 is 0 Å². The number of piperidine rings is 1. The van der Waals surface area contributed by atoms with E-state index in [4.69, 9.17) is 0 Å². The van der Waals surface area contributed by atoms with E-state index in [9.17, 15) is 9.59 Å². The van der Waals surface area contributed by atoms with Crippen LogP contribution in [0.5, 0.6) is 0 Å². The minimum absolute atomic E-state index is 0.118. The summed E-state index contributed by atoms with van der Waals surface area (Å²) < 4.78 is 5.25. The second-order valence-electron chi connectivity index (χ2n) is 8.77. The molecule has 10 nitrogen and oxygen atoms in total. The molecule has 0 bridgehead atoms. The third-order valence-electron chi connectivity index (χ3n) is 6.70. The average molecular weight is 473 g/mol. The van der Waals surface area contributed by atoms with Gasteiger partial charge in [0.1, 0.15) is 29.5 Å². The Kier molecular flexibility index (Phi) is 5.94. The SMILES string of the molecule is Cc1nccn1-c1cc(N2CCC(C(=O)Nc3c(C)n(C)n(-c4ccccc4)c3=O)CC2)ncn1. The molecule has 0 unspecified atom stereocenters. The van der Waals surface area contributed by atoms with Crippen LogP contribution in [-0.2, 0) is 11.8 Å². The van der Waals surface area contributed by atoms with Crippen LogP contribution in [0.15, 0.2) is 59.9 Å². The summed E-state index contributed by atoms with van der Waals surface area (Å²) in [6, 6.07) is 11.3. The molecule has 1 amide bonds. The zero-order valence-corrected chi connectivity index (χ0v) is 20.0. The van der Waals surface area contributed by atoms with Crippen molar-refractivity contribution < 1.29 is 4.79 Å². The highest BCUT2D eigenvalue weighted by Crippen LogP contribution is 2.24. The van der Waals surface area contributed by atoms with Gasteiger partial charge in [0.05, 0.1) is 11.4 Å². The number of carbonyl (C=O) groups excluding carboxylic acids is 1. The summed E-state index contributed by atoms with van der Waals surface area (Å²) >= 11 is 0. The number of rotatable bonds is 5. The maximum absolute atomic E-state index is 13.1. The second-order valence-corrected chi connectivity index (χ2v) is 8.77. The van der Waals surface area contributed by atoms with Crippen molar-refractivity contribution in [2.45, 2.75) is 26.7 Å². The van der Waals surface area contributed by atoms with Crippen LogP contribution >= 0.6 is 0 Å². The largest absolute Gasteiger partial charge is 0.356 e. The van der Waals surface area contributed by atoms with Gasteiger partial charge in [-0.05, 0) is 38.8 Å². The zero-order valence-electron chi connectivity index (χ0n) is 20.0. The minimum atomic E-state index is -0.231. The first-order valence-corrected chi connectivity index (χ1v) is 11.7. The highest BCUT2D eigenvalue weighted by atomic mass is 16.2. The third-order valence-corrected chi connectivity index (χ3v) is 6.70. The van der Waals surface area contributed by atoms with Crippen LogP contribution in [0.25, 0.3) is 11.5 Å². The van der Waals surface area contributed by atoms with Gasteiger partial charge < -0.3 is 10.2 Å². The summed E-state index contributed by atoms with van der Waals surface area (Å²) in [6.07, 6.45) is 6.51. The molecule has 3 aromatic heterocycles. The van der Waals surface area contributed by atoms with Gasteiger partial charge in [-0.1, -0.05) is 18.2 Å². The molecular formula is C25H28N8O2. The summed E-state index contributed by atoms with van der Waals surface area (Å²) in [4.78, 5) is 41.4. The quantitative estimate of drug-likeness (QED) is 0.479. The van der Waals surface area contributed by atoms with Gasteiger partial charge in [-0.15, -0.1) is 0 Å². The van der Waals surface area contributed by atoms with E-state index in [0.29, 0.717) is 37.3 Å². The van der Waals surface area contributed by atoms with Crippen LogP contribution in [0.1, 0.15) is 24.4 Å². The van der Waals surface area contributed by atoms with Crippen molar-refractivity contribution in [3.63, 3.8) is 0 Å². The van der Waals surface area contributed by atoms with Crippen molar-refractivity contribution in [1.82, 2.24) is 28.9 Å². The summed E-state index contributed by atoms with van der Waals surface area (Å²) in [5.41, 5.74) is 1.57. The molecule has 1 N–H and O–H groups in total. The summed E-state index contributed by atoms with van der Waals surface area (Å²) in [6.45, 7) is 5.15. The molecule has 1 aromatic carbocycles. The van der Waals surface area contributed by atoms with Crippen LogP contribution < -0.4 is 15.8 Å². The first-order valence-electron chi connectivity index (χ1n) is 11.7. The Balaban J connectivity index is 1.27. The monoisotopic (exact) mass is 472 g/mol. The first kappa shape index (κ1) is 22.6. The molecule has 1 saturated heterocycles. The zero-order chi connectivity index (χ0) is 24.5. The van der Waals surface area contributed by atoms with Crippen molar-refractivity contribution in [2.24, 2.45) is 13.0 Å². The van der Waals surface area contributed by atoms with Gasteiger partial charge in [0.15, 0.2) is 0 Å². The molecule has 1 aliphatic heterocycles. The number of anilines is 2. The molecular weight excluding hydrogens is 444 g/mol. The van der Waals surface area contributed by atoms with Crippen LogP contribution in [0.3, 0.4) is 0 Å². The van der Waals surface area contributed by atoms with Gasteiger partial charge in [0.25, 0.3) is 5.56 Å². The normalized spacial score (nSPS) is 14.3. The molecule has 0 aliphatic carbocycles. The van der Waals surface area contributed by atoms with E-state index in [1.165, 1.54) is 0 Å². The van der Waals surface area contributed by atoms with E-state index >= 15 is 0 Å². The fraction of sp³-hybridized carbons (Fsp3) is 0.320. The maximum Gasteiger partial charge on any atom is 0.295 e. The molecule has 0 atom stereocenters. The number of nitrogens with zero attached hydrogens (tertiary/aromatic N) is 7. The van der Waals surface area contributed by atoms with Gasteiger partial charge in [-0.2, -0.15) is 0 Å². The van der Waals surface area contributed by atoms with Crippen LogP contribution in [0.2, 0.25) is 0 Å². The van der Waals surface area contributed by atoms with Crippen molar-refractivity contribution >= 4 is 17.4 Å². The number of aryl methyl sites for hydroxylation is 1. The second kappa shape index (κ2) is 9.21. The topological polar surface area (TPSA) is 103 Å². The van der Waals surface area contributed by atoms with E-state index in [2.05, 4.69) is 25.2 Å². The highest BCUT2D eigenvalue weighted by molar-refractivity contribution is 5.93. The smallest absolute Gasteiger partial charge is 0.295 e. The Labute approximate surface area is 202 Å². The number of imidazole rings is 1. The van der Waals surface area contributed by atoms with Crippen molar-refractivity contribution in [3.05, 3.63) is 77.0 Å². The predicted molar refractivity (Wildman–Crippen MR) is 133 cm³/mol. The van der Waals surface area contributed by atoms with Gasteiger partial charge in [0, 0.05) is 44.5 Å². The minimum Gasteiger partial charge on any atom is -0.356 e. The van der Waals surface area contributed by atoms with Crippen LogP contribution in [-0.4, -0.2) is 47.9 Å². The van der Waals surface area contributed by atoms with E-state index in [0.717, 1.165) is 23.1 Å². The first-order chi connectivity index (χ1) is 16.9. The van der Waals surface area contributed by atoms with Gasteiger partial charge in [-0.25, -0.2) is 19.6 Å². The van der Waals surface area contributed by atoms with Gasteiger partial charge >= 0.3 is 0 Å². The molecule has 5 rings (SSSR count). The van der Waals surface area contributed by atoms with E-state index in [1.54, 1.807) is 21.9 Å². The molecule has 0 radical (unpaired) electrons. The number of carbonyl (C=O) groups is 1. The number of benzene rings is 1. The van der Waals surface area contributed by atoms with Crippen molar-refractivity contribution in [3.8, 4) is 11.5 Å². The van der Waals surface area contributed by atoms with E-state index in [1.807, 2.05) is 68.1 Å². The molecule has 35 heavy (non-hydrogen) atoms. The molecule has 4 heterocycles. The predicted octanol–water partition coefficient (Wildman–Crippen LogP) is 2.62. The lowest BCUT2D eigenvalue weighted by atomic mass is 9.96. The number of para-hydroxylation sites is 1. The average Bonchev–Trinajstić information content (AvgIpc) is 3.41. The number of hydrogen-bond donors (Lipinski definition) is 1. The van der Waals surface area contributed by atoms with Gasteiger partial charge in [0.2, 0.25) is 5.91 Å². The Morgan fingerprint density at radius 1 is 1.03 bits per heavy atom. The lowest BCUT2D eigenvalue weighted by Gasteiger charge is -2.32. The fourth-order valence-corrected chi connectivity index (χ4v) is 4.57. The summed E-state index contributed by atoms with van der Waals surface area (Å²) in [5.74, 6) is 2.15. The molecule has 180 valence electrons.